The van der Waals surface area contributed by atoms with Crippen LogP contribution in [0.3, 0.4) is 0 Å². The van der Waals surface area contributed by atoms with E-state index < -0.39 is 12.2 Å². The molecule has 3 unspecified atom stereocenters. The zero-order valence-corrected chi connectivity index (χ0v) is 12.1. The van der Waals surface area contributed by atoms with E-state index in [0.717, 1.165) is 12.1 Å². The monoisotopic (exact) mass is 254 g/mol. The maximum Gasteiger partial charge on any atom is 0.0860 e. The third-order valence-corrected chi connectivity index (χ3v) is 3.38. The fourth-order valence-corrected chi connectivity index (χ4v) is 1.82. The Labute approximate surface area is 110 Å². The molecule has 1 rings (SSSR count). The van der Waals surface area contributed by atoms with Gasteiger partial charge in [-0.1, -0.05) is 27.7 Å². The Hall–Kier alpha value is -0.870. The van der Waals surface area contributed by atoms with E-state index in [9.17, 15) is 10.2 Å². The molecule has 0 saturated carbocycles. The molecule has 3 atom stereocenters. The van der Waals surface area contributed by atoms with Gasteiger partial charge in [-0.2, -0.15) is 5.10 Å². The summed E-state index contributed by atoms with van der Waals surface area (Å²) in [5.41, 5.74) is 0.504. The van der Waals surface area contributed by atoms with E-state index in [0.29, 0.717) is 12.5 Å². The summed E-state index contributed by atoms with van der Waals surface area (Å²) >= 11 is 0. The van der Waals surface area contributed by atoms with E-state index in [-0.39, 0.29) is 5.41 Å². The Bertz CT molecular complexity index is 368. The molecule has 0 aliphatic heterocycles. The second-order valence-corrected chi connectivity index (χ2v) is 6.13. The van der Waals surface area contributed by atoms with Gasteiger partial charge in [0, 0.05) is 18.7 Å². The quantitative estimate of drug-likeness (QED) is 0.846. The van der Waals surface area contributed by atoms with Gasteiger partial charge in [-0.25, -0.2) is 0 Å². The summed E-state index contributed by atoms with van der Waals surface area (Å²) in [4.78, 5) is 0. The number of aliphatic hydroxyl groups excluding tert-OH is 2. The van der Waals surface area contributed by atoms with Gasteiger partial charge < -0.3 is 10.2 Å². The van der Waals surface area contributed by atoms with Crippen LogP contribution in [0.1, 0.15) is 52.8 Å². The summed E-state index contributed by atoms with van der Waals surface area (Å²) in [6.45, 7) is 9.97. The summed E-state index contributed by atoms with van der Waals surface area (Å²) in [6.07, 6.45) is 1.83. The molecule has 4 heteroatoms. The second-order valence-electron chi connectivity index (χ2n) is 6.13. The van der Waals surface area contributed by atoms with Gasteiger partial charge in [0.05, 0.1) is 17.9 Å². The largest absolute Gasteiger partial charge is 0.390 e. The van der Waals surface area contributed by atoms with E-state index in [2.05, 4.69) is 18.9 Å². The van der Waals surface area contributed by atoms with Gasteiger partial charge in [0.1, 0.15) is 0 Å². The van der Waals surface area contributed by atoms with Gasteiger partial charge in [0.15, 0.2) is 0 Å². The lowest BCUT2D eigenvalue weighted by atomic mass is 9.84. The number of aliphatic hydroxyl groups is 2. The third-order valence-electron chi connectivity index (χ3n) is 3.38. The Kier molecular flexibility index (Phi) is 4.93. The molecule has 0 saturated heterocycles. The average Bonchev–Trinajstić information content (AvgIpc) is 2.74. The molecule has 0 aliphatic carbocycles. The molecule has 1 aromatic heterocycles. The lowest BCUT2D eigenvalue weighted by Crippen LogP contribution is -2.39. The predicted molar refractivity (Wildman–Crippen MR) is 72.4 cm³/mol. The van der Waals surface area contributed by atoms with Gasteiger partial charge >= 0.3 is 0 Å². The first-order valence-corrected chi connectivity index (χ1v) is 6.65. The van der Waals surface area contributed by atoms with Gasteiger partial charge in [0.2, 0.25) is 0 Å². The summed E-state index contributed by atoms with van der Waals surface area (Å²) in [5, 5.41) is 24.4. The molecule has 0 radical (unpaired) electrons. The van der Waals surface area contributed by atoms with E-state index in [1.165, 1.54) is 0 Å². The molecular weight excluding hydrogens is 228 g/mol. The van der Waals surface area contributed by atoms with E-state index in [4.69, 9.17) is 0 Å². The predicted octanol–water partition coefficient (Wildman–Crippen LogP) is 2.16. The molecule has 1 aromatic rings. The first kappa shape index (κ1) is 15.2. The van der Waals surface area contributed by atoms with Crippen molar-refractivity contribution >= 4 is 0 Å². The van der Waals surface area contributed by atoms with Crippen LogP contribution in [-0.4, -0.2) is 32.2 Å². The number of hydrogen-bond acceptors (Lipinski definition) is 3. The fraction of sp³-hybridized carbons (Fsp3) is 0.786. The standard InChI is InChI=1S/C14H26N2O2/c1-6-10(2)16-8-7-11(15-16)9-12(17)13(18)14(3,4)5/h7-8,10,12-13,17-18H,6,9H2,1-5H3. The average molecular weight is 254 g/mol. The van der Waals surface area contributed by atoms with Gasteiger partial charge in [0.25, 0.3) is 0 Å². The molecule has 0 spiro atoms. The number of rotatable bonds is 5. The molecule has 18 heavy (non-hydrogen) atoms. The van der Waals surface area contributed by atoms with Crippen LogP contribution in [0.15, 0.2) is 12.3 Å². The molecule has 0 aromatic carbocycles. The van der Waals surface area contributed by atoms with Crippen molar-refractivity contribution in [3.63, 3.8) is 0 Å². The van der Waals surface area contributed by atoms with Crippen LogP contribution in [0, 0.1) is 5.41 Å². The van der Waals surface area contributed by atoms with Crippen molar-refractivity contribution < 1.29 is 10.2 Å². The lowest BCUT2D eigenvalue weighted by molar-refractivity contribution is -0.0438. The van der Waals surface area contributed by atoms with Gasteiger partial charge in [-0.15, -0.1) is 0 Å². The minimum Gasteiger partial charge on any atom is -0.390 e. The molecule has 0 bridgehead atoms. The highest BCUT2D eigenvalue weighted by atomic mass is 16.3. The highest BCUT2D eigenvalue weighted by Gasteiger charge is 2.29. The fourth-order valence-electron chi connectivity index (χ4n) is 1.82. The SMILES string of the molecule is CCC(C)n1ccc(CC(O)C(O)C(C)(C)C)n1. The topological polar surface area (TPSA) is 58.3 Å². The minimum atomic E-state index is -0.773. The molecule has 0 fully saturated rings. The summed E-state index contributed by atoms with van der Waals surface area (Å²) < 4.78 is 1.91. The molecule has 4 nitrogen and oxygen atoms in total. The molecule has 0 aliphatic rings. The Balaban J connectivity index is 2.65. The van der Waals surface area contributed by atoms with Crippen LogP contribution in [0.4, 0.5) is 0 Å². The van der Waals surface area contributed by atoms with Gasteiger partial charge in [-0.05, 0) is 24.8 Å². The van der Waals surface area contributed by atoms with E-state index in [1.807, 2.05) is 37.7 Å². The smallest absolute Gasteiger partial charge is 0.0860 e. The second kappa shape index (κ2) is 5.85. The maximum absolute atomic E-state index is 10.0. The number of aromatic nitrogens is 2. The van der Waals surface area contributed by atoms with Crippen LogP contribution >= 0.6 is 0 Å². The zero-order valence-electron chi connectivity index (χ0n) is 12.1. The number of hydrogen-bond donors (Lipinski definition) is 2. The van der Waals surface area contributed by atoms with Crippen LogP contribution in [0.2, 0.25) is 0 Å². The van der Waals surface area contributed by atoms with Crippen molar-refractivity contribution in [2.75, 3.05) is 0 Å². The molecule has 0 amide bonds. The van der Waals surface area contributed by atoms with Crippen molar-refractivity contribution in [2.45, 2.75) is 65.7 Å². The van der Waals surface area contributed by atoms with Crippen molar-refractivity contribution in [1.82, 2.24) is 9.78 Å². The normalized spacial score (nSPS) is 17.5. The lowest BCUT2D eigenvalue weighted by Gasteiger charge is -2.29. The molecule has 1 heterocycles. The van der Waals surface area contributed by atoms with Crippen LogP contribution < -0.4 is 0 Å². The highest BCUT2D eigenvalue weighted by Crippen LogP contribution is 2.23. The first-order valence-electron chi connectivity index (χ1n) is 6.65. The van der Waals surface area contributed by atoms with Gasteiger partial charge in [-0.3, -0.25) is 4.68 Å². The summed E-state index contributed by atoms with van der Waals surface area (Å²) in [6, 6.07) is 2.27. The van der Waals surface area contributed by atoms with Crippen molar-refractivity contribution in [1.29, 1.82) is 0 Å². The minimum absolute atomic E-state index is 0.321. The highest BCUT2D eigenvalue weighted by molar-refractivity contribution is 5.02. The van der Waals surface area contributed by atoms with Crippen LogP contribution in [0.5, 0.6) is 0 Å². The van der Waals surface area contributed by atoms with Crippen LogP contribution in [0.25, 0.3) is 0 Å². The summed E-state index contributed by atoms with van der Waals surface area (Å²) in [5.74, 6) is 0. The van der Waals surface area contributed by atoms with E-state index >= 15 is 0 Å². The van der Waals surface area contributed by atoms with Crippen LogP contribution in [-0.2, 0) is 6.42 Å². The first-order chi connectivity index (χ1) is 8.25. The molecule has 104 valence electrons. The zero-order chi connectivity index (χ0) is 13.9. The maximum atomic E-state index is 10.0. The Morgan fingerprint density at radius 2 is 1.94 bits per heavy atom. The summed E-state index contributed by atoms with van der Waals surface area (Å²) in [7, 11) is 0. The Morgan fingerprint density at radius 3 is 2.44 bits per heavy atom. The van der Waals surface area contributed by atoms with Crippen molar-refractivity contribution in [3.8, 4) is 0 Å². The number of nitrogens with zero attached hydrogens (tertiary/aromatic N) is 2. The van der Waals surface area contributed by atoms with Crippen molar-refractivity contribution in [2.24, 2.45) is 5.41 Å². The third kappa shape index (κ3) is 3.82. The molecule has 2 N–H and O–H groups in total. The molecular formula is C14H26N2O2. The van der Waals surface area contributed by atoms with E-state index in [1.54, 1.807) is 0 Å². The van der Waals surface area contributed by atoms with Crippen molar-refractivity contribution in [3.05, 3.63) is 18.0 Å². The Morgan fingerprint density at radius 1 is 1.33 bits per heavy atom.